The highest BCUT2D eigenvalue weighted by atomic mass is 35.5. The van der Waals surface area contributed by atoms with Crippen LogP contribution in [0.5, 0.6) is 0 Å². The molecule has 5 heteroatoms. The van der Waals surface area contributed by atoms with Crippen molar-refractivity contribution in [1.29, 1.82) is 0 Å². The first-order valence-corrected chi connectivity index (χ1v) is 7.86. The molecule has 23 heavy (non-hydrogen) atoms. The molecule has 4 rings (SSSR count). The fourth-order valence-corrected chi connectivity index (χ4v) is 3.16. The van der Waals surface area contributed by atoms with Crippen LogP contribution in [0.3, 0.4) is 0 Å². The maximum Gasteiger partial charge on any atom is 0.0940 e. The molecule has 0 saturated carbocycles. The lowest BCUT2D eigenvalue weighted by Gasteiger charge is -2.19. The molecule has 0 saturated heterocycles. The first-order chi connectivity index (χ1) is 11.2. The molecule has 0 bridgehead atoms. The highest BCUT2D eigenvalue weighted by Crippen LogP contribution is 2.34. The molecule has 0 aliphatic carbocycles. The lowest BCUT2D eigenvalue weighted by atomic mass is 9.97. The Kier molecular flexibility index (Phi) is 3.46. The SMILES string of the molecule is CN1N=C(c2ccc(Cl)cc2)CC1c1cccc2nccnc12. The summed E-state index contributed by atoms with van der Waals surface area (Å²) in [7, 11) is 2.00. The molecule has 1 atom stereocenters. The minimum atomic E-state index is 0.168. The second kappa shape index (κ2) is 5.63. The normalized spacial score (nSPS) is 17.6. The van der Waals surface area contributed by atoms with Gasteiger partial charge in [-0.15, -0.1) is 0 Å². The minimum absolute atomic E-state index is 0.168. The van der Waals surface area contributed by atoms with Crippen molar-refractivity contribution < 1.29 is 0 Å². The van der Waals surface area contributed by atoms with E-state index < -0.39 is 0 Å². The van der Waals surface area contributed by atoms with Gasteiger partial charge in [-0.05, 0) is 23.8 Å². The van der Waals surface area contributed by atoms with Crippen LogP contribution < -0.4 is 0 Å². The van der Waals surface area contributed by atoms with Gasteiger partial charge in [-0.1, -0.05) is 35.9 Å². The molecule has 1 unspecified atom stereocenters. The maximum atomic E-state index is 5.97. The van der Waals surface area contributed by atoms with E-state index in [1.807, 2.05) is 48.5 Å². The van der Waals surface area contributed by atoms with Crippen LogP contribution in [0.4, 0.5) is 0 Å². The second-order valence-electron chi connectivity index (χ2n) is 5.62. The Morgan fingerprint density at radius 3 is 2.65 bits per heavy atom. The highest BCUT2D eigenvalue weighted by Gasteiger charge is 2.27. The molecule has 2 aromatic carbocycles. The first kappa shape index (κ1) is 14.2. The van der Waals surface area contributed by atoms with E-state index in [-0.39, 0.29) is 6.04 Å². The molecule has 0 amide bonds. The number of para-hydroxylation sites is 1. The second-order valence-corrected chi connectivity index (χ2v) is 6.05. The monoisotopic (exact) mass is 322 g/mol. The van der Waals surface area contributed by atoms with Crippen molar-refractivity contribution in [2.75, 3.05) is 7.05 Å². The Morgan fingerprint density at radius 1 is 1.04 bits per heavy atom. The number of hydrazone groups is 1. The van der Waals surface area contributed by atoms with Gasteiger partial charge in [0.05, 0.1) is 22.8 Å². The number of hydrogen-bond donors (Lipinski definition) is 0. The molecule has 3 aromatic rings. The fourth-order valence-electron chi connectivity index (χ4n) is 3.03. The average molecular weight is 323 g/mol. The smallest absolute Gasteiger partial charge is 0.0940 e. The number of benzene rings is 2. The highest BCUT2D eigenvalue weighted by molar-refractivity contribution is 6.30. The van der Waals surface area contributed by atoms with Crippen molar-refractivity contribution in [2.24, 2.45) is 5.10 Å². The van der Waals surface area contributed by atoms with E-state index in [1.165, 1.54) is 0 Å². The largest absolute Gasteiger partial charge is 0.292 e. The third kappa shape index (κ3) is 2.55. The predicted octanol–water partition coefficient (Wildman–Crippen LogP) is 4.06. The van der Waals surface area contributed by atoms with Gasteiger partial charge < -0.3 is 0 Å². The summed E-state index contributed by atoms with van der Waals surface area (Å²) in [5, 5.41) is 7.46. The number of halogens is 1. The lowest BCUT2D eigenvalue weighted by Crippen LogP contribution is -2.14. The van der Waals surface area contributed by atoms with Gasteiger partial charge in [-0.25, -0.2) is 0 Å². The van der Waals surface area contributed by atoms with Crippen LogP contribution in [0.2, 0.25) is 5.02 Å². The molecule has 0 fully saturated rings. The van der Waals surface area contributed by atoms with Crippen molar-refractivity contribution in [3.63, 3.8) is 0 Å². The average Bonchev–Trinajstić information content (AvgIpc) is 2.96. The van der Waals surface area contributed by atoms with Gasteiger partial charge in [0, 0.05) is 36.4 Å². The summed E-state index contributed by atoms with van der Waals surface area (Å²) >= 11 is 5.97. The van der Waals surface area contributed by atoms with Crippen molar-refractivity contribution in [3.05, 3.63) is 71.0 Å². The van der Waals surface area contributed by atoms with Gasteiger partial charge in [0.2, 0.25) is 0 Å². The first-order valence-electron chi connectivity index (χ1n) is 7.48. The van der Waals surface area contributed by atoms with Gasteiger partial charge in [-0.2, -0.15) is 5.10 Å². The van der Waals surface area contributed by atoms with E-state index in [1.54, 1.807) is 12.4 Å². The zero-order valence-electron chi connectivity index (χ0n) is 12.6. The molecule has 4 nitrogen and oxygen atoms in total. The molecule has 2 heterocycles. The van der Waals surface area contributed by atoms with Crippen LogP contribution in [0.1, 0.15) is 23.6 Å². The Bertz CT molecular complexity index is 884. The molecule has 1 aromatic heterocycles. The van der Waals surface area contributed by atoms with Crippen molar-refractivity contribution in [1.82, 2.24) is 15.0 Å². The zero-order valence-corrected chi connectivity index (χ0v) is 13.4. The summed E-state index contributed by atoms with van der Waals surface area (Å²) in [6.45, 7) is 0. The molecule has 0 radical (unpaired) electrons. The van der Waals surface area contributed by atoms with Gasteiger partial charge >= 0.3 is 0 Å². The zero-order chi connectivity index (χ0) is 15.8. The van der Waals surface area contributed by atoms with Crippen molar-refractivity contribution in [3.8, 4) is 0 Å². The van der Waals surface area contributed by atoms with Crippen molar-refractivity contribution in [2.45, 2.75) is 12.5 Å². The van der Waals surface area contributed by atoms with Crippen LogP contribution >= 0.6 is 11.6 Å². The minimum Gasteiger partial charge on any atom is -0.292 e. The maximum absolute atomic E-state index is 5.97. The summed E-state index contributed by atoms with van der Waals surface area (Å²) in [4.78, 5) is 8.90. The Balaban J connectivity index is 1.70. The Hall–Kier alpha value is -2.46. The van der Waals surface area contributed by atoms with E-state index >= 15 is 0 Å². The van der Waals surface area contributed by atoms with E-state index in [9.17, 15) is 0 Å². The summed E-state index contributed by atoms with van der Waals surface area (Å²) in [6.07, 6.45) is 4.30. The number of aromatic nitrogens is 2. The number of fused-ring (bicyclic) bond motifs is 1. The lowest BCUT2D eigenvalue weighted by molar-refractivity contribution is 0.291. The van der Waals surface area contributed by atoms with Gasteiger partial charge in [0.1, 0.15) is 0 Å². The van der Waals surface area contributed by atoms with Crippen LogP contribution in [0.15, 0.2) is 60.0 Å². The number of hydrogen-bond acceptors (Lipinski definition) is 4. The molecule has 0 N–H and O–H groups in total. The number of rotatable bonds is 2. The molecule has 114 valence electrons. The van der Waals surface area contributed by atoms with Crippen LogP contribution in [0.25, 0.3) is 11.0 Å². The van der Waals surface area contributed by atoms with E-state index in [0.717, 1.165) is 39.3 Å². The van der Waals surface area contributed by atoms with Gasteiger partial charge in [0.25, 0.3) is 0 Å². The van der Waals surface area contributed by atoms with Crippen LogP contribution in [-0.2, 0) is 0 Å². The van der Waals surface area contributed by atoms with E-state index in [0.29, 0.717) is 0 Å². The van der Waals surface area contributed by atoms with E-state index in [2.05, 4.69) is 16.0 Å². The quantitative estimate of drug-likeness (QED) is 0.714. The summed E-state index contributed by atoms with van der Waals surface area (Å²) in [5.41, 5.74) is 5.19. The topological polar surface area (TPSA) is 41.4 Å². The number of nitrogens with zero attached hydrogens (tertiary/aromatic N) is 4. The summed E-state index contributed by atoms with van der Waals surface area (Å²) < 4.78 is 0. The van der Waals surface area contributed by atoms with Crippen molar-refractivity contribution >= 4 is 28.3 Å². The van der Waals surface area contributed by atoms with Gasteiger partial charge in [0.15, 0.2) is 0 Å². The van der Waals surface area contributed by atoms with Gasteiger partial charge in [-0.3, -0.25) is 15.0 Å². The standard InChI is InChI=1S/C18H15ClN4/c1-23-17(11-16(22-23)12-5-7-13(19)8-6-12)14-3-2-4-15-18(14)21-10-9-20-15/h2-10,17H,11H2,1H3. The van der Waals surface area contributed by atoms with E-state index in [4.69, 9.17) is 16.7 Å². The molecule has 0 spiro atoms. The third-order valence-electron chi connectivity index (χ3n) is 4.18. The Labute approximate surface area is 139 Å². The molecule has 1 aliphatic rings. The van der Waals surface area contributed by atoms with Crippen LogP contribution in [-0.4, -0.2) is 27.7 Å². The molecular weight excluding hydrogens is 308 g/mol. The fraction of sp³-hybridized carbons (Fsp3) is 0.167. The Morgan fingerprint density at radius 2 is 1.83 bits per heavy atom. The predicted molar refractivity (Wildman–Crippen MR) is 92.6 cm³/mol. The molecular formula is C18H15ClN4. The van der Waals surface area contributed by atoms with Crippen LogP contribution in [0, 0.1) is 0 Å². The summed E-state index contributed by atoms with van der Waals surface area (Å²) in [6, 6.07) is 14.1. The third-order valence-corrected chi connectivity index (χ3v) is 4.43. The summed E-state index contributed by atoms with van der Waals surface area (Å²) in [5.74, 6) is 0. The molecule has 1 aliphatic heterocycles.